The zero-order chi connectivity index (χ0) is 13.5. The van der Waals surface area contributed by atoms with E-state index in [2.05, 4.69) is 38.0 Å². The summed E-state index contributed by atoms with van der Waals surface area (Å²) in [6.07, 6.45) is 4.20. The Hall–Kier alpha value is -0.120. The van der Waals surface area contributed by atoms with Crippen molar-refractivity contribution in [2.45, 2.75) is 58.6 Å². The van der Waals surface area contributed by atoms with Crippen molar-refractivity contribution in [1.29, 1.82) is 0 Å². The van der Waals surface area contributed by atoms with Gasteiger partial charge in [0.2, 0.25) is 0 Å². The van der Waals surface area contributed by atoms with Gasteiger partial charge in [-0.2, -0.15) is 0 Å². The Morgan fingerprint density at radius 2 is 2.06 bits per heavy atom. The Morgan fingerprint density at radius 3 is 2.67 bits per heavy atom. The van der Waals surface area contributed by atoms with Crippen molar-refractivity contribution in [3.8, 4) is 0 Å². The van der Waals surface area contributed by atoms with E-state index in [4.69, 9.17) is 0 Å². The van der Waals surface area contributed by atoms with E-state index in [-0.39, 0.29) is 6.10 Å². The number of nitrogens with zero attached hydrogens (tertiary/aromatic N) is 1. The van der Waals surface area contributed by atoms with Gasteiger partial charge in [-0.05, 0) is 51.1 Å². The number of nitrogens with one attached hydrogen (secondary N) is 1. The van der Waals surface area contributed by atoms with Crippen LogP contribution in [0.25, 0.3) is 0 Å². The predicted octanol–water partition coefficient (Wildman–Crippen LogP) is 2.10. The molecule has 0 aliphatic carbocycles. The summed E-state index contributed by atoms with van der Waals surface area (Å²) in [4.78, 5) is 2.41. The van der Waals surface area contributed by atoms with Gasteiger partial charge in [0.05, 0.1) is 6.10 Å². The summed E-state index contributed by atoms with van der Waals surface area (Å²) in [6.45, 7) is 10.0. The first-order valence-electron chi connectivity index (χ1n) is 7.61. The molecule has 1 aliphatic heterocycles. The Morgan fingerprint density at radius 1 is 1.33 bits per heavy atom. The molecular formula is C15H32N2O. The third-order valence-electron chi connectivity index (χ3n) is 3.95. The zero-order valence-corrected chi connectivity index (χ0v) is 12.7. The minimum atomic E-state index is -0.113. The van der Waals surface area contributed by atoms with Crippen molar-refractivity contribution in [3.05, 3.63) is 0 Å². The topological polar surface area (TPSA) is 35.5 Å². The molecule has 0 radical (unpaired) electrons. The van der Waals surface area contributed by atoms with Crippen LogP contribution >= 0.6 is 0 Å². The van der Waals surface area contributed by atoms with E-state index in [0.717, 1.165) is 38.4 Å². The highest BCUT2D eigenvalue weighted by Gasteiger charge is 2.26. The molecule has 0 spiro atoms. The highest BCUT2D eigenvalue weighted by Crippen LogP contribution is 2.21. The molecule has 1 rings (SSSR count). The van der Waals surface area contributed by atoms with Crippen LogP contribution in [0.5, 0.6) is 0 Å². The standard InChI is InChI=1S/C15H32N2O/c1-5-15(18)9-13-8-14(11-17(4)10-13)16-7-6-12(2)3/h12-16,18H,5-11H2,1-4H3. The molecule has 3 nitrogen and oxygen atoms in total. The van der Waals surface area contributed by atoms with Gasteiger partial charge < -0.3 is 15.3 Å². The Kier molecular flexibility index (Phi) is 7.20. The zero-order valence-electron chi connectivity index (χ0n) is 12.7. The number of likely N-dealkylation sites (N-methyl/N-ethyl adjacent to an activating group) is 1. The van der Waals surface area contributed by atoms with Crippen LogP contribution in [0, 0.1) is 11.8 Å². The largest absolute Gasteiger partial charge is 0.393 e. The van der Waals surface area contributed by atoms with Crippen molar-refractivity contribution >= 4 is 0 Å². The number of likely N-dealkylation sites (tertiary alicyclic amines) is 1. The minimum absolute atomic E-state index is 0.113. The Balaban J connectivity index is 2.31. The van der Waals surface area contributed by atoms with Crippen LogP contribution < -0.4 is 5.32 Å². The molecule has 2 N–H and O–H groups in total. The molecule has 0 aromatic rings. The molecule has 0 bridgehead atoms. The second kappa shape index (κ2) is 8.13. The van der Waals surface area contributed by atoms with E-state index in [1.54, 1.807) is 0 Å². The van der Waals surface area contributed by atoms with Crippen LogP contribution in [0.15, 0.2) is 0 Å². The summed E-state index contributed by atoms with van der Waals surface area (Å²) in [5.41, 5.74) is 0. The monoisotopic (exact) mass is 256 g/mol. The van der Waals surface area contributed by atoms with E-state index in [1.165, 1.54) is 12.8 Å². The molecule has 0 aromatic heterocycles. The maximum absolute atomic E-state index is 9.79. The Labute approximate surface area is 113 Å². The molecule has 0 saturated carbocycles. The second-order valence-electron chi connectivity index (χ2n) is 6.45. The number of hydrogen-bond acceptors (Lipinski definition) is 3. The molecule has 1 heterocycles. The molecule has 3 heteroatoms. The van der Waals surface area contributed by atoms with Gasteiger partial charge >= 0.3 is 0 Å². The number of hydrogen-bond donors (Lipinski definition) is 2. The second-order valence-corrected chi connectivity index (χ2v) is 6.45. The van der Waals surface area contributed by atoms with Gasteiger partial charge in [-0.3, -0.25) is 0 Å². The number of rotatable bonds is 7. The van der Waals surface area contributed by atoms with Crippen molar-refractivity contribution < 1.29 is 5.11 Å². The van der Waals surface area contributed by atoms with Crippen LogP contribution in [-0.4, -0.2) is 48.8 Å². The Bertz CT molecular complexity index is 221. The molecule has 1 saturated heterocycles. The third kappa shape index (κ3) is 6.17. The first-order chi connectivity index (χ1) is 8.51. The van der Waals surface area contributed by atoms with Gasteiger partial charge in [0, 0.05) is 19.1 Å². The van der Waals surface area contributed by atoms with Gasteiger partial charge in [0.1, 0.15) is 0 Å². The fraction of sp³-hybridized carbons (Fsp3) is 1.00. The lowest BCUT2D eigenvalue weighted by molar-refractivity contribution is 0.0945. The van der Waals surface area contributed by atoms with Crippen LogP contribution in [0.3, 0.4) is 0 Å². The average Bonchev–Trinajstić information content (AvgIpc) is 2.27. The molecule has 18 heavy (non-hydrogen) atoms. The van der Waals surface area contributed by atoms with E-state index in [1.807, 2.05) is 0 Å². The van der Waals surface area contributed by atoms with Crippen LogP contribution in [0.4, 0.5) is 0 Å². The SMILES string of the molecule is CCC(O)CC1CC(NCCC(C)C)CN(C)C1. The summed E-state index contributed by atoms with van der Waals surface area (Å²) in [6, 6.07) is 0.608. The molecule has 1 fully saturated rings. The summed E-state index contributed by atoms with van der Waals surface area (Å²) in [5.74, 6) is 1.42. The van der Waals surface area contributed by atoms with E-state index in [9.17, 15) is 5.11 Å². The summed E-state index contributed by atoms with van der Waals surface area (Å²) in [7, 11) is 2.20. The van der Waals surface area contributed by atoms with E-state index >= 15 is 0 Å². The minimum Gasteiger partial charge on any atom is -0.393 e. The van der Waals surface area contributed by atoms with Gasteiger partial charge in [-0.1, -0.05) is 20.8 Å². The summed E-state index contributed by atoms with van der Waals surface area (Å²) in [5, 5.41) is 13.5. The van der Waals surface area contributed by atoms with Crippen molar-refractivity contribution in [1.82, 2.24) is 10.2 Å². The third-order valence-corrected chi connectivity index (χ3v) is 3.95. The first-order valence-corrected chi connectivity index (χ1v) is 7.61. The van der Waals surface area contributed by atoms with Crippen LogP contribution in [0.1, 0.15) is 46.5 Å². The van der Waals surface area contributed by atoms with Gasteiger partial charge in [-0.15, -0.1) is 0 Å². The molecular weight excluding hydrogens is 224 g/mol. The maximum atomic E-state index is 9.79. The maximum Gasteiger partial charge on any atom is 0.0540 e. The first kappa shape index (κ1) is 15.9. The van der Waals surface area contributed by atoms with E-state index < -0.39 is 0 Å². The van der Waals surface area contributed by atoms with Crippen LogP contribution in [-0.2, 0) is 0 Å². The molecule has 0 amide bonds. The van der Waals surface area contributed by atoms with Crippen molar-refractivity contribution in [3.63, 3.8) is 0 Å². The molecule has 3 unspecified atom stereocenters. The van der Waals surface area contributed by atoms with Crippen molar-refractivity contribution in [2.24, 2.45) is 11.8 Å². The average molecular weight is 256 g/mol. The number of aliphatic hydroxyl groups is 1. The predicted molar refractivity (Wildman–Crippen MR) is 77.8 cm³/mol. The number of piperidine rings is 1. The lowest BCUT2D eigenvalue weighted by Crippen LogP contribution is -2.48. The number of aliphatic hydroxyl groups excluding tert-OH is 1. The molecule has 108 valence electrons. The summed E-state index contributed by atoms with van der Waals surface area (Å²) < 4.78 is 0. The fourth-order valence-electron chi connectivity index (χ4n) is 2.89. The summed E-state index contributed by atoms with van der Waals surface area (Å²) >= 11 is 0. The van der Waals surface area contributed by atoms with Gasteiger partial charge in [0.25, 0.3) is 0 Å². The van der Waals surface area contributed by atoms with E-state index in [0.29, 0.717) is 12.0 Å². The van der Waals surface area contributed by atoms with Crippen LogP contribution in [0.2, 0.25) is 0 Å². The molecule has 3 atom stereocenters. The molecule has 1 aliphatic rings. The molecule has 0 aromatic carbocycles. The quantitative estimate of drug-likeness (QED) is 0.732. The van der Waals surface area contributed by atoms with Gasteiger partial charge in [-0.25, -0.2) is 0 Å². The van der Waals surface area contributed by atoms with Gasteiger partial charge in [0.15, 0.2) is 0 Å². The van der Waals surface area contributed by atoms with Crippen molar-refractivity contribution in [2.75, 3.05) is 26.7 Å². The highest BCUT2D eigenvalue weighted by molar-refractivity contribution is 4.83. The normalized spacial score (nSPS) is 27.7. The smallest absolute Gasteiger partial charge is 0.0540 e. The lowest BCUT2D eigenvalue weighted by atomic mass is 9.89. The lowest BCUT2D eigenvalue weighted by Gasteiger charge is -2.37. The fourth-order valence-corrected chi connectivity index (χ4v) is 2.89. The highest BCUT2D eigenvalue weighted by atomic mass is 16.3.